The van der Waals surface area contributed by atoms with E-state index in [0.29, 0.717) is 27.1 Å². The predicted octanol–water partition coefficient (Wildman–Crippen LogP) is 3.75. The summed E-state index contributed by atoms with van der Waals surface area (Å²) in [6, 6.07) is 6.15. The Balaban J connectivity index is 1.67. The average Bonchev–Trinajstić information content (AvgIpc) is 3.28. The van der Waals surface area contributed by atoms with Crippen LogP contribution < -0.4 is 5.32 Å². The minimum absolute atomic E-state index is 0.334. The molecule has 1 aliphatic rings. The first-order chi connectivity index (χ1) is 14.9. The molecule has 3 aromatic heterocycles. The Kier molecular flexibility index (Phi) is 6.06. The first-order valence-corrected chi connectivity index (χ1v) is 11.3. The molecule has 1 fully saturated rings. The molecular formula is C22H27N5O3S. The molecule has 9 heteroatoms. The topological polar surface area (TPSA) is 89.3 Å². The number of aromatic nitrogens is 3. The Morgan fingerprint density at radius 1 is 1.32 bits per heavy atom. The van der Waals surface area contributed by atoms with Crippen molar-refractivity contribution in [2.45, 2.75) is 45.7 Å². The molecule has 4 rings (SSSR count). The van der Waals surface area contributed by atoms with Crippen molar-refractivity contribution in [2.24, 2.45) is 7.05 Å². The molecular weight excluding hydrogens is 414 g/mol. The van der Waals surface area contributed by atoms with E-state index in [2.05, 4.69) is 22.2 Å². The van der Waals surface area contributed by atoms with Crippen molar-refractivity contribution in [1.82, 2.24) is 19.7 Å². The van der Waals surface area contributed by atoms with E-state index in [1.807, 2.05) is 19.1 Å². The van der Waals surface area contributed by atoms with Gasteiger partial charge in [0.25, 0.3) is 5.91 Å². The fourth-order valence-corrected chi connectivity index (χ4v) is 5.13. The van der Waals surface area contributed by atoms with Crippen LogP contribution in [-0.4, -0.2) is 51.2 Å². The highest BCUT2D eigenvalue weighted by molar-refractivity contribution is 7.21. The lowest BCUT2D eigenvalue weighted by molar-refractivity contribution is 0.0607. The summed E-state index contributed by atoms with van der Waals surface area (Å²) in [5.74, 6) is -0.829. The summed E-state index contributed by atoms with van der Waals surface area (Å²) in [5.41, 5.74) is 2.55. The van der Waals surface area contributed by atoms with Crippen LogP contribution >= 0.6 is 11.3 Å². The van der Waals surface area contributed by atoms with Gasteiger partial charge in [0.05, 0.1) is 24.2 Å². The number of nitrogens with one attached hydrogen (secondary N) is 1. The van der Waals surface area contributed by atoms with Gasteiger partial charge in [-0.15, -0.1) is 11.3 Å². The average molecular weight is 442 g/mol. The van der Waals surface area contributed by atoms with Crippen LogP contribution in [0.15, 0.2) is 18.2 Å². The molecule has 4 heterocycles. The van der Waals surface area contributed by atoms with E-state index in [1.165, 1.54) is 42.4 Å². The van der Waals surface area contributed by atoms with Crippen molar-refractivity contribution in [2.75, 3.05) is 19.0 Å². The third-order valence-electron chi connectivity index (χ3n) is 5.76. The maximum atomic E-state index is 12.9. The van der Waals surface area contributed by atoms with Gasteiger partial charge in [-0.05, 0) is 51.4 Å². The van der Waals surface area contributed by atoms with E-state index in [4.69, 9.17) is 9.72 Å². The van der Waals surface area contributed by atoms with Gasteiger partial charge in [0.15, 0.2) is 0 Å². The normalized spacial score (nSPS) is 17.1. The number of carbonyl (C=O) groups is 2. The van der Waals surface area contributed by atoms with Crippen LogP contribution in [0.4, 0.5) is 5.69 Å². The number of piperidine rings is 1. The van der Waals surface area contributed by atoms with Crippen molar-refractivity contribution in [1.29, 1.82) is 0 Å². The van der Waals surface area contributed by atoms with E-state index in [9.17, 15) is 9.59 Å². The highest BCUT2D eigenvalue weighted by atomic mass is 32.1. The van der Waals surface area contributed by atoms with Gasteiger partial charge >= 0.3 is 5.97 Å². The van der Waals surface area contributed by atoms with Gasteiger partial charge in [-0.3, -0.25) is 14.4 Å². The zero-order valence-electron chi connectivity index (χ0n) is 18.3. The Labute approximate surface area is 185 Å². The molecule has 164 valence electrons. The van der Waals surface area contributed by atoms with Crippen LogP contribution in [0.2, 0.25) is 0 Å². The van der Waals surface area contributed by atoms with Crippen molar-refractivity contribution < 1.29 is 14.3 Å². The third-order valence-corrected chi connectivity index (χ3v) is 6.84. The zero-order chi connectivity index (χ0) is 22.1. The first kappa shape index (κ1) is 21.5. The standard InChI is InChI=1S/C22H27N5O3S/c1-13-11-17(26(3)25-13)20(28)24-18-16-9-8-15(12-27-10-6-5-7-14(27)2)23-21(16)31-19(18)22(29)30-4/h8-9,11,14H,5-7,10,12H2,1-4H3,(H,24,28). The fraction of sp³-hybridized carbons (Fsp3) is 0.455. The number of ether oxygens (including phenoxy) is 1. The summed E-state index contributed by atoms with van der Waals surface area (Å²) in [5, 5.41) is 7.84. The molecule has 1 amide bonds. The van der Waals surface area contributed by atoms with Crippen LogP contribution in [0.5, 0.6) is 0 Å². The molecule has 1 unspecified atom stereocenters. The smallest absolute Gasteiger partial charge is 0.350 e. The Hall–Kier alpha value is -2.78. The number of nitrogens with zero attached hydrogens (tertiary/aromatic N) is 4. The van der Waals surface area contributed by atoms with Crippen molar-refractivity contribution in [3.05, 3.63) is 40.2 Å². The van der Waals surface area contributed by atoms with Crippen LogP contribution in [0.1, 0.15) is 57.7 Å². The van der Waals surface area contributed by atoms with E-state index in [1.54, 1.807) is 13.1 Å². The van der Waals surface area contributed by atoms with Crippen molar-refractivity contribution >= 4 is 39.1 Å². The second-order valence-electron chi connectivity index (χ2n) is 8.02. The summed E-state index contributed by atoms with van der Waals surface area (Å²) < 4.78 is 6.48. The number of aryl methyl sites for hydroxylation is 2. The van der Waals surface area contributed by atoms with Crippen LogP contribution in [0.25, 0.3) is 10.2 Å². The number of rotatable bonds is 5. The van der Waals surface area contributed by atoms with Gasteiger partial charge in [0.1, 0.15) is 15.4 Å². The number of methoxy groups -OCH3 is 1. The van der Waals surface area contributed by atoms with Gasteiger partial charge in [0.2, 0.25) is 0 Å². The van der Waals surface area contributed by atoms with E-state index in [-0.39, 0.29) is 5.91 Å². The van der Waals surface area contributed by atoms with Gasteiger partial charge in [0, 0.05) is 25.0 Å². The zero-order valence-corrected chi connectivity index (χ0v) is 19.1. The van der Waals surface area contributed by atoms with Crippen molar-refractivity contribution in [3.8, 4) is 0 Å². The second-order valence-corrected chi connectivity index (χ2v) is 9.02. The quantitative estimate of drug-likeness (QED) is 0.607. The molecule has 0 saturated carbocycles. The maximum absolute atomic E-state index is 12.9. The minimum Gasteiger partial charge on any atom is -0.465 e. The molecule has 31 heavy (non-hydrogen) atoms. The lowest BCUT2D eigenvalue weighted by atomic mass is 10.0. The van der Waals surface area contributed by atoms with Crippen molar-refractivity contribution in [3.63, 3.8) is 0 Å². The molecule has 0 aliphatic carbocycles. The summed E-state index contributed by atoms with van der Waals surface area (Å²) in [7, 11) is 3.05. The highest BCUT2D eigenvalue weighted by Crippen LogP contribution is 2.36. The fourth-order valence-electron chi connectivity index (χ4n) is 4.07. The number of anilines is 1. The summed E-state index contributed by atoms with van der Waals surface area (Å²) in [6.45, 7) is 5.93. The van der Waals surface area contributed by atoms with Gasteiger partial charge < -0.3 is 10.1 Å². The predicted molar refractivity (Wildman–Crippen MR) is 121 cm³/mol. The number of hydrogen-bond donors (Lipinski definition) is 1. The second kappa shape index (κ2) is 8.76. The van der Waals surface area contributed by atoms with E-state index >= 15 is 0 Å². The molecule has 0 aromatic carbocycles. The highest BCUT2D eigenvalue weighted by Gasteiger charge is 2.24. The Morgan fingerprint density at radius 3 is 2.81 bits per heavy atom. The molecule has 1 saturated heterocycles. The number of fused-ring (bicyclic) bond motifs is 1. The Morgan fingerprint density at radius 2 is 2.13 bits per heavy atom. The number of likely N-dealkylation sites (tertiary alicyclic amines) is 1. The number of carbonyl (C=O) groups excluding carboxylic acids is 2. The molecule has 0 spiro atoms. The molecule has 0 bridgehead atoms. The summed E-state index contributed by atoms with van der Waals surface area (Å²) in [4.78, 5) is 33.6. The van der Waals surface area contributed by atoms with Crippen LogP contribution in [0, 0.1) is 6.92 Å². The van der Waals surface area contributed by atoms with Gasteiger partial charge in [-0.2, -0.15) is 5.10 Å². The number of esters is 1. The maximum Gasteiger partial charge on any atom is 0.350 e. The monoisotopic (exact) mass is 441 g/mol. The molecule has 0 radical (unpaired) electrons. The summed E-state index contributed by atoms with van der Waals surface area (Å²) in [6.07, 6.45) is 3.69. The number of pyridine rings is 1. The lowest BCUT2D eigenvalue weighted by Gasteiger charge is -2.32. The lowest BCUT2D eigenvalue weighted by Crippen LogP contribution is -2.36. The van der Waals surface area contributed by atoms with Crippen LogP contribution in [0.3, 0.4) is 0 Å². The Bertz CT molecular complexity index is 1140. The minimum atomic E-state index is -0.495. The summed E-state index contributed by atoms with van der Waals surface area (Å²) >= 11 is 1.24. The van der Waals surface area contributed by atoms with E-state index in [0.717, 1.165) is 29.9 Å². The SMILES string of the molecule is COC(=O)c1sc2nc(CN3CCCCC3C)ccc2c1NC(=O)c1cc(C)nn1C. The molecule has 1 aliphatic heterocycles. The number of thiophene rings is 1. The molecule has 3 aromatic rings. The van der Waals surface area contributed by atoms with Gasteiger partial charge in [-0.1, -0.05) is 6.42 Å². The van der Waals surface area contributed by atoms with E-state index < -0.39 is 5.97 Å². The molecule has 1 N–H and O–H groups in total. The van der Waals surface area contributed by atoms with Gasteiger partial charge in [-0.25, -0.2) is 9.78 Å². The third kappa shape index (κ3) is 4.33. The molecule has 1 atom stereocenters. The number of amides is 1. The largest absolute Gasteiger partial charge is 0.465 e. The van der Waals surface area contributed by atoms with Crippen LogP contribution in [-0.2, 0) is 18.3 Å². The molecule has 8 nitrogen and oxygen atoms in total. The number of hydrogen-bond acceptors (Lipinski definition) is 7. The first-order valence-electron chi connectivity index (χ1n) is 10.4.